The molecule has 1 unspecified atom stereocenters. The van der Waals surface area contributed by atoms with Crippen LogP contribution in [0, 0.1) is 12.3 Å². The molecule has 1 N–H and O–H groups in total. The number of terminal acetylenes is 1. The van der Waals surface area contributed by atoms with Crippen molar-refractivity contribution >= 4 is 0 Å². The van der Waals surface area contributed by atoms with E-state index in [2.05, 4.69) is 11.2 Å². The van der Waals surface area contributed by atoms with Gasteiger partial charge in [0.2, 0.25) is 0 Å². The van der Waals surface area contributed by atoms with Crippen molar-refractivity contribution in [2.75, 3.05) is 6.54 Å². The lowest BCUT2D eigenvalue weighted by Gasteiger charge is -2.10. The molecule has 0 radical (unpaired) electrons. The van der Waals surface area contributed by atoms with Gasteiger partial charge < -0.3 is 5.32 Å². The van der Waals surface area contributed by atoms with Gasteiger partial charge in [0, 0.05) is 12.5 Å². The lowest BCUT2D eigenvalue weighted by Crippen LogP contribution is -2.27. The van der Waals surface area contributed by atoms with Crippen molar-refractivity contribution in [1.29, 1.82) is 0 Å². The van der Waals surface area contributed by atoms with E-state index >= 15 is 0 Å². The fourth-order valence-electron chi connectivity index (χ4n) is 1.42. The first-order valence-electron chi connectivity index (χ1n) is 4.10. The Balaban J connectivity index is 2.23. The Morgan fingerprint density at radius 1 is 1.40 bits per heavy atom. The van der Waals surface area contributed by atoms with Gasteiger partial charge in [-0.2, -0.15) is 0 Å². The molecule has 0 aromatic carbocycles. The quantitative estimate of drug-likeness (QED) is 0.541. The predicted molar refractivity (Wildman–Crippen MR) is 43.7 cm³/mol. The van der Waals surface area contributed by atoms with Crippen LogP contribution in [0.2, 0.25) is 0 Å². The average molecular weight is 137 g/mol. The van der Waals surface area contributed by atoms with Gasteiger partial charge in [-0.25, -0.2) is 0 Å². The molecular formula is C9H15N. The molecule has 56 valence electrons. The van der Waals surface area contributed by atoms with Crippen molar-refractivity contribution in [2.45, 2.75) is 38.1 Å². The maximum absolute atomic E-state index is 5.22. The summed E-state index contributed by atoms with van der Waals surface area (Å²) in [6.45, 7) is 1.16. The Hall–Kier alpha value is -0.480. The maximum Gasteiger partial charge on any atom is 0.0240 e. The molecule has 1 aliphatic heterocycles. The van der Waals surface area contributed by atoms with Crippen molar-refractivity contribution in [3.05, 3.63) is 0 Å². The van der Waals surface area contributed by atoms with Gasteiger partial charge >= 0.3 is 0 Å². The third-order valence-corrected chi connectivity index (χ3v) is 2.03. The first-order chi connectivity index (χ1) is 4.93. The van der Waals surface area contributed by atoms with E-state index in [1.165, 1.54) is 25.7 Å². The zero-order valence-corrected chi connectivity index (χ0v) is 6.40. The summed E-state index contributed by atoms with van der Waals surface area (Å²) in [7, 11) is 0. The molecule has 0 bridgehead atoms. The van der Waals surface area contributed by atoms with E-state index in [4.69, 9.17) is 6.42 Å². The average Bonchev–Trinajstić information content (AvgIpc) is 2.17. The smallest absolute Gasteiger partial charge is 0.0240 e. The predicted octanol–water partition coefficient (Wildman–Crippen LogP) is 1.54. The molecule has 0 saturated carbocycles. The van der Waals surface area contributed by atoms with Crippen LogP contribution in [0.1, 0.15) is 32.1 Å². The summed E-state index contributed by atoms with van der Waals surface area (Å²) in [5, 5.41) is 3.44. The molecule has 1 fully saturated rings. The standard InChI is InChI=1S/C9H15N/c1-2-6-9-7-4-3-5-8-10-9/h1,9-10H,3-8H2. The molecule has 1 heteroatoms. The number of hydrogen-bond donors (Lipinski definition) is 1. The second-order valence-electron chi connectivity index (χ2n) is 2.91. The van der Waals surface area contributed by atoms with Gasteiger partial charge in [-0.15, -0.1) is 12.3 Å². The van der Waals surface area contributed by atoms with Crippen LogP contribution in [0.3, 0.4) is 0 Å². The lowest BCUT2D eigenvalue weighted by molar-refractivity contribution is 0.521. The van der Waals surface area contributed by atoms with E-state index in [-0.39, 0.29) is 0 Å². The van der Waals surface area contributed by atoms with Gasteiger partial charge in [0.1, 0.15) is 0 Å². The van der Waals surface area contributed by atoms with Crippen LogP contribution in [0.25, 0.3) is 0 Å². The largest absolute Gasteiger partial charge is 0.313 e. The first kappa shape index (κ1) is 7.63. The number of nitrogens with one attached hydrogen (secondary N) is 1. The van der Waals surface area contributed by atoms with Gasteiger partial charge in [-0.1, -0.05) is 12.8 Å². The van der Waals surface area contributed by atoms with E-state index in [1.54, 1.807) is 0 Å². The Morgan fingerprint density at radius 3 is 3.10 bits per heavy atom. The number of rotatable bonds is 1. The van der Waals surface area contributed by atoms with Crippen LogP contribution in [-0.2, 0) is 0 Å². The Labute approximate surface area is 63.2 Å². The van der Waals surface area contributed by atoms with E-state index < -0.39 is 0 Å². The van der Waals surface area contributed by atoms with Crippen LogP contribution in [-0.4, -0.2) is 12.6 Å². The van der Waals surface area contributed by atoms with Crippen molar-refractivity contribution < 1.29 is 0 Å². The van der Waals surface area contributed by atoms with Crippen molar-refractivity contribution in [2.24, 2.45) is 0 Å². The minimum atomic E-state index is 0.604. The molecule has 1 saturated heterocycles. The van der Waals surface area contributed by atoms with Gasteiger partial charge in [0.05, 0.1) is 0 Å². The zero-order chi connectivity index (χ0) is 7.23. The monoisotopic (exact) mass is 137 g/mol. The second-order valence-corrected chi connectivity index (χ2v) is 2.91. The Kier molecular flexibility index (Phi) is 3.32. The molecule has 1 aliphatic rings. The number of hydrogen-bond acceptors (Lipinski definition) is 1. The molecule has 1 rings (SSSR count). The van der Waals surface area contributed by atoms with Crippen LogP contribution < -0.4 is 5.32 Å². The summed E-state index contributed by atoms with van der Waals surface area (Å²) < 4.78 is 0. The van der Waals surface area contributed by atoms with Crippen LogP contribution in [0.4, 0.5) is 0 Å². The summed E-state index contributed by atoms with van der Waals surface area (Å²) in [6.07, 6.45) is 11.4. The zero-order valence-electron chi connectivity index (χ0n) is 6.40. The van der Waals surface area contributed by atoms with Crippen LogP contribution >= 0.6 is 0 Å². The van der Waals surface area contributed by atoms with Gasteiger partial charge in [0.25, 0.3) is 0 Å². The summed E-state index contributed by atoms with van der Waals surface area (Å²) >= 11 is 0. The first-order valence-corrected chi connectivity index (χ1v) is 4.10. The normalized spacial score (nSPS) is 26.9. The lowest BCUT2D eigenvalue weighted by atomic mass is 10.1. The van der Waals surface area contributed by atoms with Gasteiger partial charge in [0.15, 0.2) is 0 Å². The second kappa shape index (κ2) is 4.35. The van der Waals surface area contributed by atoms with Crippen molar-refractivity contribution in [1.82, 2.24) is 5.32 Å². The SMILES string of the molecule is C#CCC1CCCCCN1. The highest BCUT2D eigenvalue weighted by Crippen LogP contribution is 2.09. The Bertz CT molecular complexity index is 115. The molecule has 10 heavy (non-hydrogen) atoms. The molecule has 0 spiro atoms. The molecule has 1 nitrogen and oxygen atoms in total. The van der Waals surface area contributed by atoms with Crippen LogP contribution in [0.5, 0.6) is 0 Å². The molecule has 0 amide bonds. The molecule has 0 aliphatic carbocycles. The highest BCUT2D eigenvalue weighted by molar-refractivity contribution is 4.90. The third kappa shape index (κ3) is 2.41. The van der Waals surface area contributed by atoms with Gasteiger partial charge in [-0.05, 0) is 19.4 Å². The van der Waals surface area contributed by atoms with Crippen molar-refractivity contribution in [3.8, 4) is 12.3 Å². The molecule has 1 atom stereocenters. The third-order valence-electron chi connectivity index (χ3n) is 2.03. The van der Waals surface area contributed by atoms with Gasteiger partial charge in [-0.3, -0.25) is 0 Å². The maximum atomic E-state index is 5.22. The molecule has 1 heterocycles. The molecule has 0 aromatic rings. The van der Waals surface area contributed by atoms with E-state index in [0.717, 1.165) is 13.0 Å². The summed E-state index contributed by atoms with van der Waals surface area (Å²) in [5.74, 6) is 2.70. The highest BCUT2D eigenvalue weighted by Gasteiger charge is 2.08. The minimum absolute atomic E-state index is 0.604. The fourth-order valence-corrected chi connectivity index (χ4v) is 1.42. The molecule has 0 aromatic heterocycles. The van der Waals surface area contributed by atoms with Crippen molar-refractivity contribution in [3.63, 3.8) is 0 Å². The van der Waals surface area contributed by atoms with E-state index in [1.807, 2.05) is 0 Å². The molecular weight excluding hydrogens is 122 g/mol. The topological polar surface area (TPSA) is 12.0 Å². The minimum Gasteiger partial charge on any atom is -0.313 e. The van der Waals surface area contributed by atoms with Crippen LogP contribution in [0.15, 0.2) is 0 Å². The summed E-state index contributed by atoms with van der Waals surface area (Å²) in [4.78, 5) is 0. The summed E-state index contributed by atoms with van der Waals surface area (Å²) in [5.41, 5.74) is 0. The van der Waals surface area contributed by atoms with E-state index in [9.17, 15) is 0 Å². The fraction of sp³-hybridized carbons (Fsp3) is 0.778. The van der Waals surface area contributed by atoms with E-state index in [0.29, 0.717) is 6.04 Å². The highest BCUT2D eigenvalue weighted by atomic mass is 14.9. The Morgan fingerprint density at radius 2 is 2.30 bits per heavy atom. The summed E-state index contributed by atoms with van der Waals surface area (Å²) in [6, 6.07) is 0.604.